The van der Waals surface area contributed by atoms with Gasteiger partial charge in [-0.15, -0.1) is 0 Å². The van der Waals surface area contributed by atoms with Crippen LogP contribution >= 0.6 is 0 Å². The molecule has 0 atom stereocenters. The number of nitrogens with two attached hydrogens (primary N) is 1. The van der Waals surface area contributed by atoms with Crippen molar-refractivity contribution < 1.29 is 0 Å². The van der Waals surface area contributed by atoms with Crippen LogP contribution in [0, 0.1) is 6.92 Å². The summed E-state index contributed by atoms with van der Waals surface area (Å²) in [4.78, 5) is 0. The van der Waals surface area contributed by atoms with Crippen molar-refractivity contribution in [3.8, 4) is 11.3 Å². The molecule has 90 valence electrons. The number of nitrogens with zero attached hydrogens (tertiary/aromatic N) is 1. The van der Waals surface area contributed by atoms with Crippen LogP contribution in [0.5, 0.6) is 0 Å². The molecule has 3 heteroatoms. The third kappa shape index (κ3) is 1.69. The first-order valence-corrected chi connectivity index (χ1v) is 6.02. The molecule has 1 aromatic heterocycles. The highest BCUT2D eigenvalue weighted by Crippen LogP contribution is 2.28. The van der Waals surface area contributed by atoms with E-state index in [4.69, 9.17) is 5.73 Å². The molecular weight excluding hydrogens is 222 g/mol. The molecule has 1 heterocycles. The van der Waals surface area contributed by atoms with E-state index in [2.05, 4.69) is 47.5 Å². The van der Waals surface area contributed by atoms with Gasteiger partial charge in [0.15, 0.2) is 0 Å². The number of nitrogens with one attached hydrogen (secondary N) is 1. The van der Waals surface area contributed by atoms with Crippen LogP contribution in [0.15, 0.2) is 42.5 Å². The molecule has 0 unspecified atom stereocenters. The minimum atomic E-state index is 0.509. The number of rotatable bonds is 2. The largest absolute Gasteiger partial charge is 0.326 e. The summed E-state index contributed by atoms with van der Waals surface area (Å²) in [5.41, 5.74) is 11.2. The van der Waals surface area contributed by atoms with Crippen LogP contribution in [0.4, 0.5) is 0 Å². The van der Waals surface area contributed by atoms with Crippen LogP contribution in [0.1, 0.15) is 11.1 Å². The number of hydrogen-bond acceptors (Lipinski definition) is 2. The Hall–Kier alpha value is -2.13. The molecule has 0 radical (unpaired) electrons. The first kappa shape index (κ1) is 11.0. The number of H-pyrrole nitrogens is 1. The van der Waals surface area contributed by atoms with Crippen molar-refractivity contribution in [1.29, 1.82) is 0 Å². The Kier molecular flexibility index (Phi) is 2.61. The molecule has 0 saturated heterocycles. The minimum absolute atomic E-state index is 0.509. The number of benzene rings is 2. The Morgan fingerprint density at radius 3 is 2.78 bits per heavy atom. The molecule has 3 N–H and O–H groups in total. The molecule has 0 fully saturated rings. The fraction of sp³-hybridized carbons (Fsp3) is 0.133. The predicted molar refractivity (Wildman–Crippen MR) is 74.2 cm³/mol. The van der Waals surface area contributed by atoms with Crippen LogP contribution in [0.25, 0.3) is 22.2 Å². The molecule has 2 aromatic carbocycles. The van der Waals surface area contributed by atoms with Crippen molar-refractivity contribution in [2.24, 2.45) is 5.73 Å². The molecule has 0 aliphatic rings. The lowest BCUT2D eigenvalue weighted by Crippen LogP contribution is -1.96. The number of para-hydroxylation sites is 1. The second kappa shape index (κ2) is 4.27. The van der Waals surface area contributed by atoms with E-state index in [0.29, 0.717) is 6.54 Å². The standard InChI is InChI=1S/C15H15N3/c1-10-4-2-5-11(8-10)14-13-7-3-6-12(9-16)15(13)18-17-14/h2-8H,9,16H2,1H3,(H,17,18). The number of fused-ring (bicyclic) bond motifs is 1. The molecule has 0 amide bonds. The fourth-order valence-corrected chi connectivity index (χ4v) is 2.28. The van der Waals surface area contributed by atoms with Crippen molar-refractivity contribution in [3.05, 3.63) is 53.6 Å². The van der Waals surface area contributed by atoms with E-state index < -0.39 is 0 Å². The summed E-state index contributed by atoms with van der Waals surface area (Å²) in [5.74, 6) is 0. The maximum Gasteiger partial charge on any atom is 0.0972 e. The zero-order valence-electron chi connectivity index (χ0n) is 10.3. The van der Waals surface area contributed by atoms with E-state index in [9.17, 15) is 0 Å². The van der Waals surface area contributed by atoms with E-state index in [1.54, 1.807) is 0 Å². The van der Waals surface area contributed by atoms with Gasteiger partial charge >= 0.3 is 0 Å². The highest BCUT2D eigenvalue weighted by atomic mass is 15.1. The van der Waals surface area contributed by atoms with Gasteiger partial charge in [-0.2, -0.15) is 5.10 Å². The van der Waals surface area contributed by atoms with Crippen molar-refractivity contribution in [2.45, 2.75) is 13.5 Å². The van der Waals surface area contributed by atoms with E-state index >= 15 is 0 Å². The Balaban J connectivity index is 2.25. The minimum Gasteiger partial charge on any atom is -0.326 e. The maximum absolute atomic E-state index is 5.73. The number of aryl methyl sites for hydroxylation is 1. The Bertz CT molecular complexity index is 698. The first-order chi connectivity index (χ1) is 8.79. The first-order valence-electron chi connectivity index (χ1n) is 6.02. The van der Waals surface area contributed by atoms with Gasteiger partial charge < -0.3 is 5.73 Å². The second-order valence-electron chi connectivity index (χ2n) is 4.49. The highest BCUT2D eigenvalue weighted by Gasteiger charge is 2.09. The number of aromatic nitrogens is 2. The van der Waals surface area contributed by atoms with Gasteiger partial charge in [0.1, 0.15) is 0 Å². The summed E-state index contributed by atoms with van der Waals surface area (Å²) in [5, 5.41) is 8.65. The lowest BCUT2D eigenvalue weighted by Gasteiger charge is -2.01. The van der Waals surface area contributed by atoms with Crippen LogP contribution in [0.3, 0.4) is 0 Å². The van der Waals surface area contributed by atoms with Crippen molar-refractivity contribution in [3.63, 3.8) is 0 Å². The predicted octanol–water partition coefficient (Wildman–Crippen LogP) is 3.00. The highest BCUT2D eigenvalue weighted by molar-refractivity contribution is 5.94. The van der Waals surface area contributed by atoms with Gasteiger partial charge in [0.05, 0.1) is 11.2 Å². The summed E-state index contributed by atoms with van der Waals surface area (Å²) < 4.78 is 0. The van der Waals surface area contributed by atoms with Gasteiger partial charge in [0.2, 0.25) is 0 Å². The van der Waals surface area contributed by atoms with Gasteiger partial charge in [0, 0.05) is 17.5 Å². The van der Waals surface area contributed by atoms with Gasteiger partial charge in [0.25, 0.3) is 0 Å². The Labute approximate surface area is 106 Å². The van der Waals surface area contributed by atoms with Gasteiger partial charge in [-0.1, -0.05) is 42.0 Å². The third-order valence-electron chi connectivity index (χ3n) is 3.20. The fourth-order valence-electron chi connectivity index (χ4n) is 2.28. The van der Waals surface area contributed by atoms with E-state index in [1.165, 1.54) is 5.56 Å². The molecule has 0 bridgehead atoms. The van der Waals surface area contributed by atoms with Crippen LogP contribution in [-0.2, 0) is 6.54 Å². The number of aromatic amines is 1. The monoisotopic (exact) mass is 237 g/mol. The Morgan fingerprint density at radius 1 is 1.17 bits per heavy atom. The summed E-state index contributed by atoms with van der Waals surface area (Å²) in [6, 6.07) is 14.5. The number of hydrogen-bond donors (Lipinski definition) is 2. The average Bonchev–Trinajstić information content (AvgIpc) is 2.82. The molecule has 18 heavy (non-hydrogen) atoms. The van der Waals surface area contributed by atoms with E-state index in [0.717, 1.165) is 27.7 Å². The third-order valence-corrected chi connectivity index (χ3v) is 3.20. The zero-order valence-corrected chi connectivity index (χ0v) is 10.3. The Morgan fingerprint density at radius 2 is 2.00 bits per heavy atom. The molecule has 0 aliphatic heterocycles. The second-order valence-corrected chi connectivity index (χ2v) is 4.49. The molecule has 3 rings (SSSR count). The van der Waals surface area contributed by atoms with Crippen molar-refractivity contribution in [1.82, 2.24) is 10.2 Å². The molecule has 0 aliphatic carbocycles. The van der Waals surface area contributed by atoms with E-state index in [1.807, 2.05) is 12.1 Å². The molecule has 3 nitrogen and oxygen atoms in total. The SMILES string of the molecule is Cc1cccc(-c2[nH]nc3c(CN)cccc23)c1. The van der Waals surface area contributed by atoms with Crippen LogP contribution < -0.4 is 5.73 Å². The summed E-state index contributed by atoms with van der Waals surface area (Å²) in [6.07, 6.45) is 0. The molecule has 3 aromatic rings. The van der Waals surface area contributed by atoms with Gasteiger partial charge in [-0.3, -0.25) is 5.10 Å². The zero-order chi connectivity index (χ0) is 12.5. The van der Waals surface area contributed by atoms with Crippen molar-refractivity contribution in [2.75, 3.05) is 0 Å². The molecular formula is C15H15N3. The van der Waals surface area contributed by atoms with Gasteiger partial charge in [-0.05, 0) is 18.6 Å². The lowest BCUT2D eigenvalue weighted by molar-refractivity contribution is 1.06. The summed E-state index contributed by atoms with van der Waals surface area (Å²) >= 11 is 0. The van der Waals surface area contributed by atoms with Crippen LogP contribution in [-0.4, -0.2) is 10.2 Å². The normalized spacial score (nSPS) is 11.0. The van der Waals surface area contributed by atoms with Crippen LogP contribution in [0.2, 0.25) is 0 Å². The average molecular weight is 237 g/mol. The van der Waals surface area contributed by atoms with Gasteiger partial charge in [-0.25, -0.2) is 0 Å². The molecule has 0 saturated carbocycles. The molecule has 0 spiro atoms. The topological polar surface area (TPSA) is 54.7 Å². The summed E-state index contributed by atoms with van der Waals surface area (Å²) in [7, 11) is 0. The summed E-state index contributed by atoms with van der Waals surface area (Å²) in [6.45, 7) is 2.60. The van der Waals surface area contributed by atoms with E-state index in [-0.39, 0.29) is 0 Å². The quantitative estimate of drug-likeness (QED) is 0.720. The lowest BCUT2D eigenvalue weighted by atomic mass is 10.0. The van der Waals surface area contributed by atoms with Crippen molar-refractivity contribution >= 4 is 10.9 Å². The smallest absolute Gasteiger partial charge is 0.0972 e. The maximum atomic E-state index is 5.73.